The normalized spacial score (nSPS) is 31.8. The van der Waals surface area contributed by atoms with Crippen molar-refractivity contribution in [2.45, 2.75) is 62.7 Å². The number of carbonyl (C=O) groups excluding carboxylic acids is 4. The van der Waals surface area contributed by atoms with Crippen molar-refractivity contribution in [2.24, 2.45) is 29.4 Å². The summed E-state index contributed by atoms with van der Waals surface area (Å²) in [7, 11) is 6.44. The number of phenols is 1. The molecule has 6 N–H and O–H groups in total. The minimum absolute atomic E-state index is 0.00475. The van der Waals surface area contributed by atoms with E-state index in [1.807, 2.05) is 0 Å². The monoisotopic (exact) mass is 598 g/mol. The van der Waals surface area contributed by atoms with Gasteiger partial charge in [0, 0.05) is 43.9 Å². The molecule has 0 aliphatic heterocycles. The zero-order chi connectivity index (χ0) is 31.6. The number of aromatic hydroxyl groups is 1. The lowest BCUT2D eigenvalue weighted by molar-refractivity contribution is -0.190. The Labute approximate surface area is 240 Å². The van der Waals surface area contributed by atoms with Crippen molar-refractivity contribution in [3.63, 3.8) is 0 Å². The molecule has 0 bridgehead atoms. The summed E-state index contributed by atoms with van der Waals surface area (Å²) in [5.41, 5.74) is 3.17. The maximum atomic E-state index is 14.0. The first-order valence-electron chi connectivity index (χ1n) is 13.7. The Bertz CT molecular complexity index is 1320. The lowest BCUT2D eigenvalue weighted by Crippen LogP contribution is -2.75. The van der Waals surface area contributed by atoms with Gasteiger partial charge >= 0.3 is 6.18 Å². The van der Waals surface area contributed by atoms with E-state index >= 15 is 0 Å². The predicted octanol–water partition coefficient (Wildman–Crippen LogP) is 0.155. The molecule has 0 aromatic heterocycles. The number of carbonyl (C=O) groups is 4. The number of aliphatic hydroxyl groups excluding tert-OH is 1. The Morgan fingerprint density at radius 2 is 1.81 bits per heavy atom. The third kappa shape index (κ3) is 4.77. The number of Topliss-reactive ketones (excluding diaryl/α,β-unsaturated/α-hetero) is 3. The smallest absolute Gasteiger partial charge is 0.403 e. The zero-order valence-electron chi connectivity index (χ0n) is 24.0. The van der Waals surface area contributed by atoms with Crippen LogP contribution in [0.3, 0.4) is 0 Å². The number of fused-ring (bicyclic) bond motifs is 3. The summed E-state index contributed by atoms with van der Waals surface area (Å²) in [6, 6.07) is -1.40. The Hall–Kier alpha value is -3.07. The second kappa shape index (κ2) is 10.9. The van der Waals surface area contributed by atoms with E-state index in [2.05, 4.69) is 5.32 Å². The van der Waals surface area contributed by atoms with Crippen LogP contribution >= 0.6 is 0 Å². The fourth-order valence-corrected chi connectivity index (χ4v) is 7.18. The average molecular weight is 599 g/mol. The van der Waals surface area contributed by atoms with Crippen molar-refractivity contribution < 1.29 is 47.7 Å². The first kappa shape index (κ1) is 31.9. The Balaban J connectivity index is 1.82. The van der Waals surface area contributed by atoms with Crippen LogP contribution in [0, 0.1) is 23.7 Å². The van der Waals surface area contributed by atoms with E-state index < -0.39 is 89.2 Å². The molecular weight excluding hydrogens is 561 g/mol. The van der Waals surface area contributed by atoms with E-state index in [4.69, 9.17) is 5.73 Å². The minimum Gasteiger partial charge on any atom is -0.507 e. The number of nitrogens with zero attached hydrogens (tertiary/aromatic N) is 2. The van der Waals surface area contributed by atoms with E-state index in [1.165, 1.54) is 17.9 Å². The maximum absolute atomic E-state index is 14.0. The molecule has 0 spiro atoms. The summed E-state index contributed by atoms with van der Waals surface area (Å²) >= 11 is 0. The number of hydrogen-bond donors (Lipinski definition) is 5. The van der Waals surface area contributed by atoms with Gasteiger partial charge < -0.3 is 36.2 Å². The number of benzene rings is 1. The molecule has 42 heavy (non-hydrogen) atoms. The Morgan fingerprint density at radius 1 is 1.19 bits per heavy atom. The lowest BCUT2D eigenvalue weighted by Gasteiger charge is -2.55. The number of nitrogens with one attached hydrogen (secondary N) is 1. The maximum Gasteiger partial charge on any atom is 0.403 e. The highest BCUT2D eigenvalue weighted by molar-refractivity contribution is 6.25. The largest absolute Gasteiger partial charge is 0.507 e. The van der Waals surface area contributed by atoms with Gasteiger partial charge in [0.15, 0.2) is 23.0 Å². The predicted molar refractivity (Wildman–Crippen MR) is 144 cm³/mol. The van der Waals surface area contributed by atoms with Gasteiger partial charge in [-0.05, 0) is 50.9 Å². The van der Waals surface area contributed by atoms with E-state index in [1.54, 1.807) is 33.1 Å². The number of halogens is 3. The molecule has 8 atom stereocenters. The molecule has 5 unspecified atom stereocenters. The molecular formula is C28H37F3N4O7. The molecule has 14 heteroatoms. The Kier molecular flexibility index (Phi) is 8.26. The number of aliphatic hydroxyl groups is 2. The van der Waals surface area contributed by atoms with Crippen molar-refractivity contribution in [1.82, 2.24) is 10.2 Å². The van der Waals surface area contributed by atoms with Gasteiger partial charge in [-0.3, -0.25) is 19.2 Å². The van der Waals surface area contributed by atoms with E-state index in [0.29, 0.717) is 11.3 Å². The van der Waals surface area contributed by atoms with Gasteiger partial charge in [-0.25, -0.2) is 0 Å². The molecule has 0 radical (unpaired) electrons. The van der Waals surface area contributed by atoms with Crippen LogP contribution < -0.4 is 16.0 Å². The fraction of sp³-hybridized carbons (Fsp3) is 0.643. The van der Waals surface area contributed by atoms with Crippen LogP contribution in [0.15, 0.2) is 6.07 Å². The van der Waals surface area contributed by atoms with Crippen molar-refractivity contribution >= 4 is 28.9 Å². The number of alkyl halides is 3. The van der Waals surface area contributed by atoms with Crippen molar-refractivity contribution in [2.75, 3.05) is 33.1 Å². The van der Waals surface area contributed by atoms with E-state index in [-0.39, 0.29) is 30.4 Å². The molecule has 1 aromatic carbocycles. The molecule has 2 fully saturated rings. The number of ketones is 3. The number of phenolic OH excluding ortho intramolecular Hbond substituents is 1. The topological polar surface area (TPSA) is 174 Å². The van der Waals surface area contributed by atoms with Gasteiger partial charge in [-0.15, -0.1) is 0 Å². The molecule has 3 aliphatic carbocycles. The first-order chi connectivity index (χ1) is 19.4. The lowest BCUT2D eigenvalue weighted by atomic mass is 9.52. The van der Waals surface area contributed by atoms with Crippen LogP contribution in [-0.4, -0.2) is 102 Å². The summed E-state index contributed by atoms with van der Waals surface area (Å²) in [6.07, 6.45) is -6.39. The minimum atomic E-state index is -4.54. The van der Waals surface area contributed by atoms with Crippen LogP contribution in [0.4, 0.5) is 18.9 Å². The second-order valence-corrected chi connectivity index (χ2v) is 12.0. The molecule has 0 saturated heterocycles. The van der Waals surface area contributed by atoms with E-state index in [0.717, 1.165) is 0 Å². The van der Waals surface area contributed by atoms with Crippen molar-refractivity contribution in [3.8, 4) is 5.75 Å². The second-order valence-electron chi connectivity index (χ2n) is 12.0. The molecule has 1 amide bonds. The fourth-order valence-electron chi connectivity index (χ4n) is 7.18. The van der Waals surface area contributed by atoms with Gasteiger partial charge in [0.05, 0.1) is 17.6 Å². The first-order valence-corrected chi connectivity index (χ1v) is 13.7. The van der Waals surface area contributed by atoms with E-state index in [9.17, 15) is 47.7 Å². The van der Waals surface area contributed by atoms with Crippen LogP contribution in [0.1, 0.15) is 41.3 Å². The van der Waals surface area contributed by atoms with Crippen LogP contribution in [0.25, 0.3) is 0 Å². The van der Waals surface area contributed by atoms with Gasteiger partial charge in [0.1, 0.15) is 17.7 Å². The molecule has 2 saturated carbocycles. The molecule has 232 valence electrons. The van der Waals surface area contributed by atoms with Gasteiger partial charge in [-0.1, -0.05) is 6.92 Å². The van der Waals surface area contributed by atoms with Gasteiger partial charge in [0.2, 0.25) is 5.91 Å². The third-order valence-corrected chi connectivity index (χ3v) is 9.17. The SMILES string of the molecule is CCC(NCc1cc(N(C)C)c2c(c1O)C(=O)C1C(=O)[C@@]3(O)C(=O)C(C(N)=O)C(O)C(N(C)C)[C@H]3C[C@H]1C2)C(F)(F)F. The highest BCUT2D eigenvalue weighted by Gasteiger charge is 2.69. The van der Waals surface area contributed by atoms with Gasteiger partial charge in [0.25, 0.3) is 0 Å². The standard InChI is InChI=1S/C28H37F3N4O7/c1-6-16(28(29,30)31)33-10-12-9-15(34(2)3)13-7-11-8-14-20(35(4)5)23(38)19(26(32)41)25(40)27(14,42)24(39)17(11)22(37)18(13)21(12)36/h9,11,14,16-17,19-20,23,33,36,38,42H,6-8,10H2,1-5H3,(H2,32,41)/t11-,14-,16?,17?,19?,20?,23?,27-/m1/s1. The quantitative estimate of drug-likeness (QED) is 0.272. The zero-order valence-corrected chi connectivity index (χ0v) is 24.0. The van der Waals surface area contributed by atoms with Crippen molar-refractivity contribution in [3.05, 3.63) is 22.8 Å². The number of amides is 1. The highest BCUT2D eigenvalue weighted by atomic mass is 19.4. The molecule has 11 nitrogen and oxygen atoms in total. The highest BCUT2D eigenvalue weighted by Crippen LogP contribution is 2.52. The number of primary amides is 1. The number of likely N-dealkylation sites (N-methyl/N-ethyl adjacent to an activating group) is 1. The summed E-state index contributed by atoms with van der Waals surface area (Å²) < 4.78 is 40.1. The number of anilines is 1. The van der Waals surface area contributed by atoms with Crippen LogP contribution in [-0.2, 0) is 27.3 Å². The number of hydrogen-bond acceptors (Lipinski definition) is 10. The average Bonchev–Trinajstić information content (AvgIpc) is 2.86. The number of nitrogens with two attached hydrogens (primary N) is 1. The van der Waals surface area contributed by atoms with Crippen molar-refractivity contribution in [1.29, 1.82) is 0 Å². The molecule has 3 aliphatic rings. The summed E-state index contributed by atoms with van der Waals surface area (Å²) in [5.74, 6) is -10.5. The molecule has 0 heterocycles. The van der Waals surface area contributed by atoms with Crippen LogP contribution in [0.2, 0.25) is 0 Å². The van der Waals surface area contributed by atoms with Crippen LogP contribution in [0.5, 0.6) is 5.75 Å². The summed E-state index contributed by atoms with van der Waals surface area (Å²) in [4.78, 5) is 56.8. The third-order valence-electron chi connectivity index (χ3n) is 9.17. The molecule has 1 aromatic rings. The number of rotatable bonds is 7. The summed E-state index contributed by atoms with van der Waals surface area (Å²) in [5, 5.41) is 36.2. The Morgan fingerprint density at radius 3 is 2.31 bits per heavy atom. The molecule has 4 rings (SSSR count). The summed E-state index contributed by atoms with van der Waals surface area (Å²) in [6.45, 7) is 0.926. The van der Waals surface area contributed by atoms with Gasteiger partial charge in [-0.2, -0.15) is 13.2 Å².